The van der Waals surface area contributed by atoms with Gasteiger partial charge in [-0.2, -0.15) is 0 Å². The molecule has 1 heteroatoms. The summed E-state index contributed by atoms with van der Waals surface area (Å²) in [7, 11) is 0. The summed E-state index contributed by atoms with van der Waals surface area (Å²) in [5.41, 5.74) is 5.40. The highest BCUT2D eigenvalue weighted by Crippen LogP contribution is 2.34. The van der Waals surface area contributed by atoms with Gasteiger partial charge in [0.25, 0.3) is 0 Å². The smallest absolute Gasteiger partial charge is 0.0180 e. The molecule has 0 aliphatic heterocycles. The zero-order chi connectivity index (χ0) is 12.4. The molecule has 0 spiro atoms. The second-order valence-electron chi connectivity index (χ2n) is 4.59. The Kier molecular flexibility index (Phi) is 3.58. The molecule has 2 rings (SSSR count). The minimum absolute atomic E-state index is 1.33. The number of hydrogen-bond donors (Lipinski definition) is 0. The van der Waals surface area contributed by atoms with E-state index in [0.717, 1.165) is 0 Å². The van der Waals surface area contributed by atoms with E-state index in [9.17, 15) is 0 Å². The Morgan fingerprint density at radius 3 is 2.00 bits per heavy atom. The lowest BCUT2D eigenvalue weighted by Gasteiger charge is -2.11. The molecular formula is C16H18S. The molecule has 0 heterocycles. The topological polar surface area (TPSA) is 0 Å². The molecule has 0 nitrogen and oxygen atoms in total. The summed E-state index contributed by atoms with van der Waals surface area (Å²) in [6.07, 6.45) is 0. The van der Waals surface area contributed by atoms with Crippen LogP contribution < -0.4 is 0 Å². The zero-order valence-corrected chi connectivity index (χ0v) is 11.7. The predicted octanol–water partition coefficient (Wildman–Crippen LogP) is 5.07. The molecule has 2 aromatic rings. The highest BCUT2D eigenvalue weighted by Gasteiger charge is 2.06. The summed E-state index contributed by atoms with van der Waals surface area (Å²) in [5, 5.41) is 0. The fourth-order valence-corrected chi connectivity index (χ4v) is 3.02. The van der Waals surface area contributed by atoms with E-state index in [-0.39, 0.29) is 0 Å². The molecule has 2 aromatic carbocycles. The van der Waals surface area contributed by atoms with Crippen molar-refractivity contribution in [3.8, 4) is 0 Å². The zero-order valence-electron chi connectivity index (χ0n) is 10.9. The fourth-order valence-electron chi connectivity index (χ4n) is 1.98. The van der Waals surface area contributed by atoms with Crippen molar-refractivity contribution in [2.24, 2.45) is 0 Å². The Morgan fingerprint density at radius 2 is 1.41 bits per heavy atom. The number of benzene rings is 2. The van der Waals surface area contributed by atoms with E-state index in [4.69, 9.17) is 0 Å². The lowest BCUT2D eigenvalue weighted by Crippen LogP contribution is -1.87. The van der Waals surface area contributed by atoms with Gasteiger partial charge < -0.3 is 0 Å². The number of hydrogen-bond acceptors (Lipinski definition) is 1. The predicted molar refractivity (Wildman–Crippen MR) is 76.0 cm³/mol. The van der Waals surface area contributed by atoms with E-state index in [0.29, 0.717) is 0 Å². The van der Waals surface area contributed by atoms with Crippen molar-refractivity contribution < 1.29 is 0 Å². The van der Waals surface area contributed by atoms with Crippen LogP contribution in [0.5, 0.6) is 0 Å². The van der Waals surface area contributed by atoms with E-state index in [1.165, 1.54) is 32.0 Å². The van der Waals surface area contributed by atoms with E-state index in [1.54, 1.807) is 0 Å². The lowest BCUT2D eigenvalue weighted by molar-refractivity contribution is 1.20. The first kappa shape index (κ1) is 12.3. The van der Waals surface area contributed by atoms with Gasteiger partial charge in [0.05, 0.1) is 0 Å². The summed E-state index contributed by atoms with van der Waals surface area (Å²) in [6.45, 7) is 8.68. The van der Waals surface area contributed by atoms with Crippen LogP contribution in [0.1, 0.15) is 22.3 Å². The lowest BCUT2D eigenvalue weighted by atomic mass is 10.1. The van der Waals surface area contributed by atoms with Crippen molar-refractivity contribution in [2.45, 2.75) is 37.5 Å². The first-order chi connectivity index (χ1) is 8.08. The normalized spacial score (nSPS) is 10.6. The molecule has 0 saturated carbocycles. The van der Waals surface area contributed by atoms with Crippen molar-refractivity contribution >= 4 is 11.8 Å². The Bertz CT molecular complexity index is 521. The summed E-state index contributed by atoms with van der Waals surface area (Å²) >= 11 is 1.88. The third-order valence-electron chi connectivity index (χ3n) is 2.95. The molecule has 0 aliphatic carbocycles. The maximum Gasteiger partial charge on any atom is 0.0180 e. The monoisotopic (exact) mass is 242 g/mol. The SMILES string of the molecule is Cc1ccc(Sc2c(C)cccc2C)c(C)c1. The molecule has 0 unspecified atom stereocenters. The molecule has 0 atom stereocenters. The molecule has 0 bridgehead atoms. The Labute approximate surface area is 108 Å². The first-order valence-corrected chi connectivity index (χ1v) is 6.71. The van der Waals surface area contributed by atoms with Crippen molar-refractivity contribution in [3.63, 3.8) is 0 Å². The summed E-state index contributed by atoms with van der Waals surface area (Å²) < 4.78 is 0. The van der Waals surface area contributed by atoms with Crippen LogP contribution in [-0.2, 0) is 0 Å². The van der Waals surface area contributed by atoms with Crippen molar-refractivity contribution in [1.82, 2.24) is 0 Å². The van der Waals surface area contributed by atoms with Crippen LogP contribution in [0.25, 0.3) is 0 Å². The molecule has 88 valence electrons. The largest absolute Gasteiger partial charge is 0.0893 e. The van der Waals surface area contributed by atoms with Crippen molar-refractivity contribution in [1.29, 1.82) is 0 Å². The number of rotatable bonds is 2. The standard InChI is InChI=1S/C16H18S/c1-11-8-9-15(14(4)10-11)17-16-12(2)6-5-7-13(16)3/h5-10H,1-4H3. The van der Waals surface area contributed by atoms with Crippen LogP contribution in [0.2, 0.25) is 0 Å². The molecule has 0 aromatic heterocycles. The van der Waals surface area contributed by atoms with Gasteiger partial charge in [0, 0.05) is 9.79 Å². The van der Waals surface area contributed by atoms with Gasteiger partial charge in [-0.3, -0.25) is 0 Å². The highest BCUT2D eigenvalue weighted by atomic mass is 32.2. The van der Waals surface area contributed by atoms with Gasteiger partial charge in [0.2, 0.25) is 0 Å². The molecule has 0 saturated heterocycles. The van der Waals surface area contributed by atoms with Gasteiger partial charge in [-0.15, -0.1) is 0 Å². The van der Waals surface area contributed by atoms with Crippen LogP contribution >= 0.6 is 11.8 Å². The van der Waals surface area contributed by atoms with E-state index < -0.39 is 0 Å². The summed E-state index contributed by atoms with van der Waals surface area (Å²) in [4.78, 5) is 2.74. The van der Waals surface area contributed by atoms with E-state index in [1.807, 2.05) is 11.8 Å². The van der Waals surface area contributed by atoms with Gasteiger partial charge in [-0.1, -0.05) is 47.7 Å². The minimum Gasteiger partial charge on any atom is -0.0893 e. The third-order valence-corrected chi connectivity index (χ3v) is 4.48. The second-order valence-corrected chi connectivity index (χ2v) is 5.64. The molecule has 17 heavy (non-hydrogen) atoms. The van der Waals surface area contributed by atoms with Crippen molar-refractivity contribution in [2.75, 3.05) is 0 Å². The van der Waals surface area contributed by atoms with Gasteiger partial charge >= 0.3 is 0 Å². The quantitative estimate of drug-likeness (QED) is 0.708. The minimum atomic E-state index is 1.33. The molecule has 0 amide bonds. The maximum absolute atomic E-state index is 2.25. The molecule has 0 N–H and O–H groups in total. The fraction of sp³-hybridized carbons (Fsp3) is 0.250. The van der Waals surface area contributed by atoms with Gasteiger partial charge in [-0.25, -0.2) is 0 Å². The van der Waals surface area contributed by atoms with Crippen LogP contribution in [0.4, 0.5) is 0 Å². The Balaban J connectivity index is 2.38. The van der Waals surface area contributed by atoms with Crippen LogP contribution in [0.15, 0.2) is 46.2 Å². The van der Waals surface area contributed by atoms with Crippen LogP contribution in [-0.4, -0.2) is 0 Å². The molecule has 0 fully saturated rings. The Morgan fingerprint density at radius 1 is 0.765 bits per heavy atom. The van der Waals surface area contributed by atoms with Crippen LogP contribution in [0, 0.1) is 27.7 Å². The van der Waals surface area contributed by atoms with Gasteiger partial charge in [0.15, 0.2) is 0 Å². The van der Waals surface area contributed by atoms with Gasteiger partial charge in [0.1, 0.15) is 0 Å². The average Bonchev–Trinajstić information content (AvgIpc) is 2.26. The van der Waals surface area contributed by atoms with Crippen molar-refractivity contribution in [3.05, 3.63) is 58.7 Å². The van der Waals surface area contributed by atoms with Crippen LogP contribution in [0.3, 0.4) is 0 Å². The summed E-state index contributed by atoms with van der Waals surface area (Å²) in [5.74, 6) is 0. The van der Waals surface area contributed by atoms with Gasteiger partial charge in [-0.05, 0) is 50.5 Å². The highest BCUT2D eigenvalue weighted by molar-refractivity contribution is 7.99. The van der Waals surface area contributed by atoms with E-state index >= 15 is 0 Å². The third kappa shape index (κ3) is 2.73. The summed E-state index contributed by atoms with van der Waals surface area (Å²) in [6, 6.07) is 13.1. The number of aryl methyl sites for hydroxylation is 4. The average molecular weight is 242 g/mol. The molecular weight excluding hydrogens is 224 g/mol. The second kappa shape index (κ2) is 4.97. The van der Waals surface area contributed by atoms with E-state index in [2.05, 4.69) is 64.1 Å². The molecule has 0 radical (unpaired) electrons. The Hall–Kier alpha value is -1.21. The maximum atomic E-state index is 2.25. The first-order valence-electron chi connectivity index (χ1n) is 5.89. The molecule has 0 aliphatic rings.